The van der Waals surface area contributed by atoms with Crippen molar-refractivity contribution < 1.29 is 32.6 Å². The van der Waals surface area contributed by atoms with Crippen LogP contribution in [-0.2, 0) is 20.7 Å². The molecule has 1 aromatic rings. The van der Waals surface area contributed by atoms with Gasteiger partial charge in [0.2, 0.25) is 0 Å². The van der Waals surface area contributed by atoms with Gasteiger partial charge in [0.15, 0.2) is 0 Å². The van der Waals surface area contributed by atoms with Crippen LogP contribution >= 0.6 is 0 Å². The first-order valence-electron chi connectivity index (χ1n) is 5.83. The predicted octanol–water partition coefficient (Wildman–Crippen LogP) is 1.75. The normalized spacial score (nSPS) is 11.9. The van der Waals surface area contributed by atoms with Crippen LogP contribution in [0.5, 0.6) is 0 Å². The van der Waals surface area contributed by atoms with Gasteiger partial charge in [0.05, 0.1) is 13.5 Å². The Balaban J connectivity index is 0.000000486. The number of ether oxygens (including phenoxy) is 1. The Morgan fingerprint density at radius 1 is 1.29 bits per heavy atom. The quantitative estimate of drug-likeness (QED) is 0.827. The second-order valence-corrected chi connectivity index (χ2v) is 4.03. The van der Waals surface area contributed by atoms with Crippen molar-refractivity contribution >= 4 is 11.9 Å². The number of esters is 1. The summed E-state index contributed by atoms with van der Waals surface area (Å²) < 4.78 is 36.3. The number of carboxylic acid groups (broad SMARTS) is 1. The van der Waals surface area contributed by atoms with Crippen LogP contribution < -0.4 is 5.73 Å². The van der Waals surface area contributed by atoms with Gasteiger partial charge in [0.25, 0.3) is 0 Å². The summed E-state index contributed by atoms with van der Waals surface area (Å²) in [4.78, 5) is 19.8. The molecule has 0 spiro atoms. The van der Waals surface area contributed by atoms with Gasteiger partial charge < -0.3 is 15.6 Å². The van der Waals surface area contributed by atoms with Gasteiger partial charge in [0, 0.05) is 6.04 Å². The molecule has 0 heterocycles. The molecule has 1 aromatic carbocycles. The van der Waals surface area contributed by atoms with Crippen LogP contribution in [0.2, 0.25) is 0 Å². The first kappa shape index (κ1) is 18.9. The number of rotatable bonds is 4. The molecule has 118 valence electrons. The maximum atomic E-state index is 10.9. The number of halogens is 3. The molecule has 0 aliphatic heterocycles. The number of alkyl halides is 3. The molecule has 0 saturated heterocycles. The van der Waals surface area contributed by atoms with Gasteiger partial charge in [-0.1, -0.05) is 30.3 Å². The SMILES string of the molecule is COC(=O)CC(N)Cc1ccccc1.O=C(O)C(F)(F)F. The zero-order chi connectivity index (χ0) is 16.5. The summed E-state index contributed by atoms with van der Waals surface area (Å²) in [6.45, 7) is 0. The molecule has 3 N–H and O–H groups in total. The van der Waals surface area contributed by atoms with Crippen molar-refractivity contribution in [1.29, 1.82) is 0 Å². The van der Waals surface area contributed by atoms with E-state index in [2.05, 4.69) is 4.74 Å². The summed E-state index contributed by atoms with van der Waals surface area (Å²) in [5.41, 5.74) is 6.92. The molecule has 0 aliphatic carbocycles. The first-order chi connectivity index (χ1) is 9.66. The minimum atomic E-state index is -5.08. The lowest BCUT2D eigenvalue weighted by molar-refractivity contribution is -0.192. The van der Waals surface area contributed by atoms with Crippen molar-refractivity contribution in [3.63, 3.8) is 0 Å². The Kier molecular flexibility index (Phi) is 8.07. The molecule has 0 fully saturated rings. The van der Waals surface area contributed by atoms with Crippen molar-refractivity contribution in [1.82, 2.24) is 0 Å². The summed E-state index contributed by atoms with van der Waals surface area (Å²) in [7, 11) is 1.37. The Hall–Kier alpha value is -2.09. The topological polar surface area (TPSA) is 89.6 Å². The van der Waals surface area contributed by atoms with Crippen molar-refractivity contribution in [2.24, 2.45) is 5.73 Å². The van der Waals surface area contributed by atoms with Gasteiger partial charge in [0.1, 0.15) is 0 Å². The number of hydrogen-bond acceptors (Lipinski definition) is 4. The van der Waals surface area contributed by atoms with Crippen molar-refractivity contribution in [2.75, 3.05) is 7.11 Å². The molecular formula is C13H16F3NO4. The van der Waals surface area contributed by atoms with Gasteiger partial charge in [-0.2, -0.15) is 13.2 Å². The third-order valence-corrected chi connectivity index (χ3v) is 2.24. The van der Waals surface area contributed by atoms with Crippen molar-refractivity contribution in [2.45, 2.75) is 25.1 Å². The average molecular weight is 307 g/mol. The second-order valence-electron chi connectivity index (χ2n) is 4.03. The molecular weight excluding hydrogens is 291 g/mol. The first-order valence-corrected chi connectivity index (χ1v) is 5.83. The highest BCUT2D eigenvalue weighted by Gasteiger charge is 2.38. The number of benzene rings is 1. The second kappa shape index (κ2) is 8.96. The van der Waals surface area contributed by atoms with E-state index in [0.29, 0.717) is 6.42 Å². The Morgan fingerprint density at radius 3 is 2.14 bits per heavy atom. The van der Waals surface area contributed by atoms with E-state index in [1.807, 2.05) is 30.3 Å². The van der Waals surface area contributed by atoms with Crippen LogP contribution in [0, 0.1) is 0 Å². The van der Waals surface area contributed by atoms with E-state index in [1.165, 1.54) is 7.11 Å². The maximum Gasteiger partial charge on any atom is 0.490 e. The molecule has 5 nitrogen and oxygen atoms in total. The lowest BCUT2D eigenvalue weighted by atomic mass is 10.0. The number of hydrogen-bond donors (Lipinski definition) is 2. The summed E-state index contributed by atoms with van der Waals surface area (Å²) in [5.74, 6) is -3.01. The zero-order valence-corrected chi connectivity index (χ0v) is 11.3. The van der Waals surface area contributed by atoms with E-state index in [0.717, 1.165) is 5.56 Å². The maximum absolute atomic E-state index is 10.9. The van der Waals surface area contributed by atoms with Crippen molar-refractivity contribution in [3.05, 3.63) is 35.9 Å². The highest BCUT2D eigenvalue weighted by molar-refractivity contribution is 5.73. The molecule has 8 heteroatoms. The monoisotopic (exact) mass is 307 g/mol. The van der Waals surface area contributed by atoms with E-state index in [1.54, 1.807) is 0 Å². The fourth-order valence-corrected chi connectivity index (χ4v) is 1.29. The minimum absolute atomic E-state index is 0.162. The molecule has 1 unspecified atom stereocenters. The van der Waals surface area contributed by atoms with Gasteiger partial charge in [-0.3, -0.25) is 4.79 Å². The Morgan fingerprint density at radius 2 is 1.76 bits per heavy atom. The lowest BCUT2D eigenvalue weighted by Crippen LogP contribution is -2.26. The van der Waals surface area contributed by atoms with Crippen LogP contribution in [0.15, 0.2) is 30.3 Å². The van der Waals surface area contributed by atoms with Crippen LogP contribution in [0.4, 0.5) is 13.2 Å². The third kappa shape index (κ3) is 9.44. The molecule has 1 rings (SSSR count). The molecule has 1 atom stereocenters. The molecule has 0 saturated carbocycles. The molecule has 0 amide bonds. The summed E-state index contributed by atoms with van der Waals surface area (Å²) >= 11 is 0. The molecule has 21 heavy (non-hydrogen) atoms. The number of carbonyl (C=O) groups is 2. The van der Waals surface area contributed by atoms with E-state index in [9.17, 15) is 18.0 Å². The van der Waals surface area contributed by atoms with Crippen LogP contribution in [0.1, 0.15) is 12.0 Å². The number of carboxylic acids is 1. The van der Waals surface area contributed by atoms with Gasteiger partial charge in [-0.15, -0.1) is 0 Å². The summed E-state index contributed by atoms with van der Waals surface area (Å²) in [6, 6.07) is 9.70. The molecule has 0 aliphatic rings. The van der Waals surface area contributed by atoms with Gasteiger partial charge in [-0.25, -0.2) is 4.79 Å². The number of aliphatic carboxylic acids is 1. The highest BCUT2D eigenvalue weighted by atomic mass is 19.4. The van der Waals surface area contributed by atoms with Gasteiger partial charge >= 0.3 is 18.1 Å². The highest BCUT2D eigenvalue weighted by Crippen LogP contribution is 2.13. The zero-order valence-electron chi connectivity index (χ0n) is 11.3. The van der Waals surface area contributed by atoms with E-state index in [4.69, 9.17) is 15.6 Å². The Bertz CT molecular complexity index is 448. The molecule has 0 radical (unpaired) electrons. The molecule has 0 aromatic heterocycles. The van der Waals surface area contributed by atoms with Gasteiger partial charge in [-0.05, 0) is 12.0 Å². The predicted molar refractivity (Wildman–Crippen MR) is 68.4 cm³/mol. The minimum Gasteiger partial charge on any atom is -0.475 e. The van der Waals surface area contributed by atoms with E-state index >= 15 is 0 Å². The van der Waals surface area contributed by atoms with Crippen LogP contribution in [-0.4, -0.2) is 36.4 Å². The summed E-state index contributed by atoms with van der Waals surface area (Å²) in [6.07, 6.45) is -4.11. The molecule has 0 bridgehead atoms. The summed E-state index contributed by atoms with van der Waals surface area (Å²) in [5, 5.41) is 7.12. The third-order valence-electron chi connectivity index (χ3n) is 2.24. The fourth-order valence-electron chi connectivity index (χ4n) is 1.29. The smallest absolute Gasteiger partial charge is 0.475 e. The standard InChI is InChI=1S/C11H15NO2.C2HF3O2/c1-14-11(13)8-10(12)7-9-5-3-2-4-6-9;3-2(4,5)1(6)7/h2-6,10H,7-8,12H2,1H3;(H,6,7). The number of nitrogens with two attached hydrogens (primary N) is 1. The Labute approximate surface area is 119 Å². The van der Waals surface area contributed by atoms with Crippen LogP contribution in [0.25, 0.3) is 0 Å². The van der Waals surface area contributed by atoms with Crippen LogP contribution in [0.3, 0.4) is 0 Å². The van der Waals surface area contributed by atoms with E-state index < -0.39 is 12.1 Å². The fraction of sp³-hybridized carbons (Fsp3) is 0.385. The average Bonchev–Trinajstić information content (AvgIpc) is 2.39. The number of methoxy groups -OCH3 is 1. The van der Waals surface area contributed by atoms with Crippen molar-refractivity contribution in [3.8, 4) is 0 Å². The lowest BCUT2D eigenvalue weighted by Gasteiger charge is -2.09. The van der Waals surface area contributed by atoms with E-state index in [-0.39, 0.29) is 18.4 Å². The largest absolute Gasteiger partial charge is 0.490 e. The number of carbonyl (C=O) groups excluding carboxylic acids is 1.